The number of aromatic nitrogens is 1. The third-order valence-corrected chi connectivity index (χ3v) is 4.96. The molecule has 144 valence electrons. The van der Waals surface area contributed by atoms with Gasteiger partial charge in [-0.3, -0.25) is 4.79 Å². The number of anilines is 1. The maximum atomic E-state index is 12.6. The Morgan fingerprint density at radius 3 is 2.79 bits per heavy atom. The molecule has 3 aromatic carbocycles. The van der Waals surface area contributed by atoms with Crippen LogP contribution < -0.4 is 14.8 Å². The summed E-state index contributed by atoms with van der Waals surface area (Å²) in [6.07, 6.45) is 0. The topological polar surface area (TPSA) is 73.6 Å². The molecule has 0 saturated heterocycles. The van der Waals surface area contributed by atoms with Gasteiger partial charge in [0.15, 0.2) is 17.1 Å². The number of aryl methyl sites for hydroxylation is 1. The molecule has 29 heavy (non-hydrogen) atoms. The molecule has 0 saturated carbocycles. The molecule has 0 aliphatic carbocycles. The normalized spacial score (nSPS) is 12.3. The molecule has 2 heterocycles. The molecule has 1 aliphatic heterocycles. The minimum absolute atomic E-state index is 0.158. The van der Waals surface area contributed by atoms with Crippen molar-refractivity contribution in [3.8, 4) is 23.0 Å². The fraction of sp³-hybridized carbons (Fsp3) is 0.0909. The van der Waals surface area contributed by atoms with Crippen LogP contribution in [0.25, 0.3) is 22.6 Å². The van der Waals surface area contributed by atoms with Gasteiger partial charge >= 0.3 is 0 Å². The molecule has 7 heteroatoms. The van der Waals surface area contributed by atoms with Gasteiger partial charge < -0.3 is 19.2 Å². The summed E-state index contributed by atoms with van der Waals surface area (Å²) in [4.78, 5) is 17.2. The van der Waals surface area contributed by atoms with E-state index in [0.717, 1.165) is 11.1 Å². The van der Waals surface area contributed by atoms with E-state index in [2.05, 4.69) is 10.3 Å². The molecule has 1 amide bonds. The van der Waals surface area contributed by atoms with Crippen LogP contribution in [0.4, 0.5) is 5.69 Å². The summed E-state index contributed by atoms with van der Waals surface area (Å²) in [5, 5.41) is 3.35. The minimum atomic E-state index is -0.273. The zero-order valence-electron chi connectivity index (χ0n) is 15.4. The maximum Gasteiger partial charge on any atom is 0.255 e. The molecule has 1 aliphatic rings. The molecule has 5 rings (SSSR count). The van der Waals surface area contributed by atoms with Crippen LogP contribution in [0.3, 0.4) is 0 Å². The van der Waals surface area contributed by atoms with E-state index >= 15 is 0 Å². The molecule has 1 aromatic heterocycles. The molecule has 0 atom stereocenters. The Labute approximate surface area is 171 Å². The summed E-state index contributed by atoms with van der Waals surface area (Å²) in [7, 11) is 0. The standard InChI is InChI=1S/C22H15ClN2O4/c1-12-2-6-18-17(8-12)25-22(29-18)15-10-14(4-5-16(15)23)24-21(26)13-3-7-19-20(9-13)28-11-27-19/h2-10H,11H2,1H3,(H,24,26). The molecule has 6 nitrogen and oxygen atoms in total. The Balaban J connectivity index is 1.45. The number of oxazole rings is 1. The van der Waals surface area contributed by atoms with Gasteiger partial charge in [0.2, 0.25) is 12.7 Å². The monoisotopic (exact) mass is 406 g/mol. The highest BCUT2D eigenvalue weighted by Crippen LogP contribution is 2.34. The van der Waals surface area contributed by atoms with Crippen molar-refractivity contribution in [3.63, 3.8) is 0 Å². The largest absolute Gasteiger partial charge is 0.454 e. The van der Waals surface area contributed by atoms with Crippen molar-refractivity contribution in [3.05, 3.63) is 70.7 Å². The van der Waals surface area contributed by atoms with Gasteiger partial charge in [-0.15, -0.1) is 0 Å². The van der Waals surface area contributed by atoms with Gasteiger partial charge in [0.25, 0.3) is 5.91 Å². The first-order chi connectivity index (χ1) is 14.1. The van der Waals surface area contributed by atoms with Gasteiger partial charge in [0.1, 0.15) is 5.52 Å². The maximum absolute atomic E-state index is 12.6. The van der Waals surface area contributed by atoms with Gasteiger partial charge in [-0.2, -0.15) is 0 Å². The number of carbonyl (C=O) groups is 1. The van der Waals surface area contributed by atoms with Crippen molar-refractivity contribution in [2.75, 3.05) is 12.1 Å². The number of halogens is 1. The average Bonchev–Trinajstić information content (AvgIpc) is 3.34. The van der Waals surface area contributed by atoms with Crippen LogP contribution in [0.2, 0.25) is 5.02 Å². The minimum Gasteiger partial charge on any atom is -0.454 e. The number of ether oxygens (including phenoxy) is 2. The first kappa shape index (κ1) is 17.6. The lowest BCUT2D eigenvalue weighted by atomic mass is 10.1. The van der Waals surface area contributed by atoms with Crippen LogP contribution >= 0.6 is 11.6 Å². The molecular formula is C22H15ClN2O4. The second-order valence-electron chi connectivity index (χ2n) is 6.71. The van der Waals surface area contributed by atoms with Crippen LogP contribution in [-0.4, -0.2) is 17.7 Å². The van der Waals surface area contributed by atoms with Gasteiger partial charge in [-0.05, 0) is 61.0 Å². The summed E-state index contributed by atoms with van der Waals surface area (Å²) in [5.41, 5.74) is 4.16. The Kier molecular flexibility index (Phi) is 4.14. The van der Waals surface area contributed by atoms with Gasteiger partial charge in [-0.25, -0.2) is 4.98 Å². The van der Waals surface area contributed by atoms with E-state index in [9.17, 15) is 4.79 Å². The van der Waals surface area contributed by atoms with E-state index in [1.165, 1.54) is 0 Å². The van der Waals surface area contributed by atoms with Crippen molar-refractivity contribution in [1.82, 2.24) is 4.98 Å². The van der Waals surface area contributed by atoms with Crippen molar-refractivity contribution >= 4 is 34.3 Å². The lowest BCUT2D eigenvalue weighted by molar-refractivity contribution is 0.102. The van der Waals surface area contributed by atoms with E-state index in [-0.39, 0.29) is 12.7 Å². The lowest BCUT2D eigenvalue weighted by Crippen LogP contribution is -2.11. The zero-order chi connectivity index (χ0) is 20.0. The molecule has 0 radical (unpaired) electrons. The number of benzene rings is 3. The Bertz CT molecular complexity index is 1270. The van der Waals surface area contributed by atoms with E-state index in [1.807, 2.05) is 25.1 Å². The summed E-state index contributed by atoms with van der Waals surface area (Å²) in [5.74, 6) is 1.30. The van der Waals surface area contributed by atoms with E-state index in [0.29, 0.717) is 44.8 Å². The van der Waals surface area contributed by atoms with E-state index in [1.54, 1.807) is 36.4 Å². The predicted molar refractivity (Wildman–Crippen MR) is 110 cm³/mol. The number of carbonyl (C=O) groups excluding carboxylic acids is 1. The average molecular weight is 407 g/mol. The van der Waals surface area contributed by atoms with Crippen molar-refractivity contribution in [2.24, 2.45) is 0 Å². The Morgan fingerprint density at radius 1 is 1.03 bits per heavy atom. The third-order valence-electron chi connectivity index (χ3n) is 4.63. The molecule has 1 N–H and O–H groups in total. The van der Waals surface area contributed by atoms with Crippen molar-refractivity contribution < 1.29 is 18.7 Å². The number of amides is 1. The second-order valence-corrected chi connectivity index (χ2v) is 7.11. The number of hydrogen-bond donors (Lipinski definition) is 1. The third kappa shape index (κ3) is 3.28. The van der Waals surface area contributed by atoms with Crippen LogP contribution in [0.5, 0.6) is 11.5 Å². The summed E-state index contributed by atoms with van der Waals surface area (Å²) in [6.45, 7) is 2.15. The smallest absolute Gasteiger partial charge is 0.255 e. The zero-order valence-corrected chi connectivity index (χ0v) is 16.1. The molecule has 0 fully saturated rings. The van der Waals surface area contributed by atoms with Crippen LogP contribution in [0, 0.1) is 6.92 Å². The van der Waals surface area contributed by atoms with Crippen molar-refractivity contribution in [1.29, 1.82) is 0 Å². The highest BCUT2D eigenvalue weighted by atomic mass is 35.5. The second kappa shape index (κ2) is 6.83. The van der Waals surface area contributed by atoms with Crippen molar-refractivity contribution in [2.45, 2.75) is 6.92 Å². The number of nitrogens with zero attached hydrogens (tertiary/aromatic N) is 1. The molecule has 0 unspecified atom stereocenters. The van der Waals surface area contributed by atoms with E-state index in [4.69, 9.17) is 25.5 Å². The van der Waals surface area contributed by atoms with Crippen LogP contribution in [0.1, 0.15) is 15.9 Å². The fourth-order valence-electron chi connectivity index (χ4n) is 3.16. The summed E-state index contributed by atoms with van der Waals surface area (Å²) in [6, 6.07) is 16.0. The molecule has 4 aromatic rings. The number of fused-ring (bicyclic) bond motifs is 2. The summed E-state index contributed by atoms with van der Waals surface area (Å²) < 4.78 is 16.5. The quantitative estimate of drug-likeness (QED) is 0.490. The Hall–Kier alpha value is -3.51. The SMILES string of the molecule is Cc1ccc2oc(-c3cc(NC(=O)c4ccc5c(c4)OCO5)ccc3Cl)nc2c1. The number of rotatable bonds is 3. The lowest BCUT2D eigenvalue weighted by Gasteiger charge is -2.08. The Morgan fingerprint density at radius 2 is 1.90 bits per heavy atom. The highest BCUT2D eigenvalue weighted by molar-refractivity contribution is 6.33. The summed E-state index contributed by atoms with van der Waals surface area (Å²) >= 11 is 6.36. The van der Waals surface area contributed by atoms with Crippen LogP contribution in [-0.2, 0) is 0 Å². The highest BCUT2D eigenvalue weighted by Gasteiger charge is 2.17. The van der Waals surface area contributed by atoms with Gasteiger partial charge in [0, 0.05) is 11.3 Å². The first-order valence-electron chi connectivity index (χ1n) is 8.95. The van der Waals surface area contributed by atoms with Gasteiger partial charge in [-0.1, -0.05) is 17.7 Å². The number of nitrogens with one attached hydrogen (secondary N) is 1. The molecule has 0 bridgehead atoms. The van der Waals surface area contributed by atoms with Gasteiger partial charge in [0.05, 0.1) is 10.6 Å². The first-order valence-corrected chi connectivity index (χ1v) is 9.33. The van der Waals surface area contributed by atoms with E-state index < -0.39 is 0 Å². The molecule has 0 spiro atoms. The van der Waals surface area contributed by atoms with Crippen LogP contribution in [0.15, 0.2) is 59.0 Å². The fourth-order valence-corrected chi connectivity index (χ4v) is 3.36. The predicted octanol–water partition coefficient (Wildman–Crippen LogP) is 5.44. The number of hydrogen-bond acceptors (Lipinski definition) is 5. The molecular weight excluding hydrogens is 392 g/mol.